The first-order valence-electron chi connectivity index (χ1n) is 8.63. The molecule has 1 heteroatoms. The molecule has 0 fully saturated rings. The van der Waals surface area contributed by atoms with Crippen LogP contribution in [0.25, 0.3) is 11.3 Å². The number of benzene rings is 1. The zero-order chi connectivity index (χ0) is 17.2. The van der Waals surface area contributed by atoms with Gasteiger partial charge in [-0.15, -0.1) is 0 Å². The Balaban J connectivity index is 2.45. The maximum Gasteiger partial charge on any atom is 0.212 e. The van der Waals surface area contributed by atoms with E-state index in [0.717, 1.165) is 0 Å². The number of pyridine rings is 1. The van der Waals surface area contributed by atoms with Crippen molar-refractivity contribution >= 4 is 0 Å². The Hall–Kier alpha value is -1.63. The summed E-state index contributed by atoms with van der Waals surface area (Å²) >= 11 is 0. The van der Waals surface area contributed by atoms with E-state index in [2.05, 4.69) is 96.6 Å². The molecule has 1 aliphatic carbocycles. The summed E-state index contributed by atoms with van der Waals surface area (Å²) in [4.78, 5) is 0. The number of hydrogen-bond donors (Lipinski definition) is 0. The van der Waals surface area contributed by atoms with Crippen LogP contribution < -0.4 is 4.57 Å². The number of nitrogens with zero attached hydrogens (tertiary/aromatic N) is 1. The van der Waals surface area contributed by atoms with E-state index in [1.807, 2.05) is 0 Å². The highest BCUT2D eigenvalue weighted by Gasteiger charge is 2.58. The molecule has 0 spiro atoms. The molecule has 1 heterocycles. The first kappa shape index (κ1) is 16.2. The fourth-order valence-electron chi connectivity index (χ4n) is 4.42. The smallest absolute Gasteiger partial charge is 0.201 e. The average Bonchev–Trinajstić information content (AvgIpc) is 2.56. The van der Waals surface area contributed by atoms with Crippen molar-refractivity contribution in [3.05, 3.63) is 53.2 Å². The molecule has 0 unspecified atom stereocenters. The molecule has 0 atom stereocenters. The van der Waals surface area contributed by atoms with Gasteiger partial charge in [0.15, 0.2) is 6.20 Å². The molecular formula is C22H30N+. The van der Waals surface area contributed by atoms with E-state index in [0.29, 0.717) is 0 Å². The van der Waals surface area contributed by atoms with Gasteiger partial charge in [0.1, 0.15) is 7.05 Å². The normalized spacial score (nSPS) is 20.3. The summed E-state index contributed by atoms with van der Waals surface area (Å²) in [5.74, 6) is 0. The summed E-state index contributed by atoms with van der Waals surface area (Å²) in [6.45, 7) is 16.8. The number of hydrogen-bond acceptors (Lipinski definition) is 0. The van der Waals surface area contributed by atoms with Crippen LogP contribution in [0.1, 0.15) is 58.2 Å². The molecule has 2 aromatic rings. The lowest BCUT2D eigenvalue weighted by Gasteiger charge is -2.44. The van der Waals surface area contributed by atoms with E-state index in [9.17, 15) is 0 Å². The van der Waals surface area contributed by atoms with Crippen molar-refractivity contribution < 1.29 is 4.57 Å². The van der Waals surface area contributed by atoms with Crippen LogP contribution in [0.5, 0.6) is 0 Å². The molecule has 122 valence electrons. The van der Waals surface area contributed by atoms with Gasteiger partial charge in [-0.1, -0.05) is 53.7 Å². The molecule has 0 bridgehead atoms. The van der Waals surface area contributed by atoms with Crippen molar-refractivity contribution in [3.8, 4) is 11.3 Å². The third-order valence-corrected chi connectivity index (χ3v) is 7.15. The van der Waals surface area contributed by atoms with Crippen LogP contribution in [0.15, 0.2) is 36.5 Å². The minimum absolute atomic E-state index is 0.121. The van der Waals surface area contributed by atoms with Crippen molar-refractivity contribution in [2.45, 2.75) is 59.3 Å². The predicted molar refractivity (Wildman–Crippen MR) is 97.6 cm³/mol. The van der Waals surface area contributed by atoms with Crippen LogP contribution >= 0.6 is 0 Å². The molecule has 3 rings (SSSR count). The second-order valence-electron chi connectivity index (χ2n) is 8.75. The molecule has 1 aromatic heterocycles. The van der Waals surface area contributed by atoms with Gasteiger partial charge in [-0.25, -0.2) is 4.57 Å². The quantitative estimate of drug-likeness (QED) is 0.647. The summed E-state index contributed by atoms with van der Waals surface area (Å²) in [7, 11) is 2.15. The minimum atomic E-state index is 0.121. The highest BCUT2D eigenvalue weighted by molar-refractivity contribution is 5.72. The van der Waals surface area contributed by atoms with E-state index < -0.39 is 0 Å². The number of aromatic nitrogens is 1. The third kappa shape index (κ3) is 1.89. The largest absolute Gasteiger partial charge is 0.212 e. The fourth-order valence-corrected chi connectivity index (χ4v) is 4.42. The van der Waals surface area contributed by atoms with E-state index in [4.69, 9.17) is 0 Å². The van der Waals surface area contributed by atoms with Gasteiger partial charge < -0.3 is 0 Å². The second-order valence-corrected chi connectivity index (χ2v) is 8.75. The summed E-state index contributed by atoms with van der Waals surface area (Å²) in [6.07, 6.45) is 2.15. The lowest BCUT2D eigenvalue weighted by molar-refractivity contribution is -0.660. The van der Waals surface area contributed by atoms with Crippen LogP contribution in [-0.2, 0) is 17.9 Å². The highest BCUT2D eigenvalue weighted by Crippen LogP contribution is 2.63. The Morgan fingerprint density at radius 3 is 2.09 bits per heavy atom. The van der Waals surface area contributed by atoms with Crippen molar-refractivity contribution in [3.63, 3.8) is 0 Å². The standard InChI is InChI=1S/C22H30N/c1-15-12-13-16-19(18(15)17-11-9-10-14-23(17)8)21(4,5)22(6,7)20(16,2)3/h9-14H,1-8H3/q+1. The van der Waals surface area contributed by atoms with Crippen LogP contribution in [0.3, 0.4) is 0 Å². The molecule has 0 saturated carbocycles. The Bertz CT molecular complexity index is 779. The molecule has 23 heavy (non-hydrogen) atoms. The van der Waals surface area contributed by atoms with Crippen LogP contribution in [-0.4, -0.2) is 0 Å². The number of rotatable bonds is 1. The molecule has 0 amide bonds. The molecular weight excluding hydrogens is 278 g/mol. The average molecular weight is 308 g/mol. The molecule has 0 N–H and O–H groups in total. The molecule has 1 aliphatic rings. The van der Waals surface area contributed by atoms with Crippen LogP contribution in [0.2, 0.25) is 0 Å². The SMILES string of the molecule is Cc1ccc2c(c1-c1cccc[n+]1C)C(C)(C)C(C)(C)C2(C)C. The lowest BCUT2D eigenvalue weighted by atomic mass is 9.59. The Morgan fingerprint density at radius 1 is 0.826 bits per heavy atom. The lowest BCUT2D eigenvalue weighted by Crippen LogP contribution is -2.42. The molecule has 0 saturated heterocycles. The predicted octanol–water partition coefficient (Wildman–Crippen LogP) is 5.08. The van der Waals surface area contributed by atoms with Gasteiger partial charge >= 0.3 is 0 Å². The van der Waals surface area contributed by atoms with Gasteiger partial charge in [0.2, 0.25) is 5.69 Å². The second kappa shape index (κ2) is 4.69. The molecule has 0 aliphatic heterocycles. The van der Waals surface area contributed by atoms with Gasteiger partial charge in [0.05, 0.1) is 5.56 Å². The zero-order valence-corrected chi connectivity index (χ0v) is 15.9. The third-order valence-electron chi connectivity index (χ3n) is 7.15. The van der Waals surface area contributed by atoms with Gasteiger partial charge in [-0.3, -0.25) is 0 Å². The molecule has 0 radical (unpaired) electrons. The van der Waals surface area contributed by atoms with E-state index in [1.165, 1.54) is 27.9 Å². The van der Waals surface area contributed by atoms with Crippen molar-refractivity contribution in [2.24, 2.45) is 12.5 Å². The van der Waals surface area contributed by atoms with E-state index >= 15 is 0 Å². The molecule has 1 aromatic carbocycles. The Morgan fingerprint density at radius 2 is 1.48 bits per heavy atom. The molecule has 1 nitrogen and oxygen atoms in total. The van der Waals surface area contributed by atoms with Crippen LogP contribution in [0, 0.1) is 12.3 Å². The Kier molecular flexibility index (Phi) is 3.31. The summed E-state index contributed by atoms with van der Waals surface area (Å²) < 4.78 is 2.25. The summed E-state index contributed by atoms with van der Waals surface area (Å²) in [6, 6.07) is 11.2. The van der Waals surface area contributed by atoms with Gasteiger partial charge in [0.25, 0.3) is 0 Å². The van der Waals surface area contributed by atoms with Crippen molar-refractivity contribution in [1.82, 2.24) is 0 Å². The zero-order valence-electron chi connectivity index (χ0n) is 15.9. The van der Waals surface area contributed by atoms with Gasteiger partial charge in [0, 0.05) is 12.1 Å². The Labute approximate surface area is 141 Å². The van der Waals surface area contributed by atoms with Crippen molar-refractivity contribution in [2.75, 3.05) is 0 Å². The van der Waals surface area contributed by atoms with Crippen LogP contribution in [0.4, 0.5) is 0 Å². The minimum Gasteiger partial charge on any atom is -0.201 e. The summed E-state index contributed by atoms with van der Waals surface area (Å²) in [5, 5.41) is 0. The topological polar surface area (TPSA) is 3.88 Å². The number of fused-ring (bicyclic) bond motifs is 1. The van der Waals surface area contributed by atoms with Gasteiger partial charge in [-0.2, -0.15) is 0 Å². The van der Waals surface area contributed by atoms with E-state index in [1.54, 1.807) is 0 Å². The first-order chi connectivity index (χ1) is 10.5. The van der Waals surface area contributed by atoms with E-state index in [-0.39, 0.29) is 16.2 Å². The fraction of sp³-hybridized carbons (Fsp3) is 0.500. The monoisotopic (exact) mass is 308 g/mol. The first-order valence-corrected chi connectivity index (χ1v) is 8.63. The maximum atomic E-state index is 2.43. The number of aryl methyl sites for hydroxylation is 2. The summed E-state index contributed by atoms with van der Waals surface area (Å²) in [5.41, 5.74) is 7.62. The maximum absolute atomic E-state index is 2.43. The van der Waals surface area contributed by atoms with Crippen molar-refractivity contribution in [1.29, 1.82) is 0 Å². The van der Waals surface area contributed by atoms with Gasteiger partial charge in [-0.05, 0) is 45.9 Å². The highest BCUT2D eigenvalue weighted by atomic mass is 14.9.